The lowest BCUT2D eigenvalue weighted by atomic mass is 10.2. The van der Waals surface area contributed by atoms with Gasteiger partial charge in [-0.3, -0.25) is 4.79 Å². The van der Waals surface area contributed by atoms with E-state index in [2.05, 4.69) is 37.2 Å². The van der Waals surface area contributed by atoms with Crippen molar-refractivity contribution >= 4 is 55.1 Å². The number of amides is 1. The Balaban J connectivity index is 2.23. The molecule has 5 heteroatoms. The number of carbonyl (C=O) groups excluding carboxylic acids is 1. The van der Waals surface area contributed by atoms with E-state index < -0.39 is 0 Å². The van der Waals surface area contributed by atoms with Crippen molar-refractivity contribution in [3.63, 3.8) is 0 Å². The number of carbonyl (C=O) groups is 1. The first kappa shape index (κ1) is 14.6. The van der Waals surface area contributed by atoms with Crippen LogP contribution in [0.25, 0.3) is 0 Å². The zero-order valence-corrected chi connectivity index (χ0v) is 13.7. The molecule has 0 bridgehead atoms. The van der Waals surface area contributed by atoms with Gasteiger partial charge in [-0.15, -0.1) is 0 Å². The fourth-order valence-electron chi connectivity index (χ4n) is 1.61. The largest absolute Gasteiger partial charge is 0.322 e. The van der Waals surface area contributed by atoms with Gasteiger partial charge in [-0.05, 0) is 45.8 Å². The summed E-state index contributed by atoms with van der Waals surface area (Å²) in [7, 11) is 0. The molecular formula is C14H10Br2ClNO. The molecule has 0 aliphatic heterocycles. The van der Waals surface area contributed by atoms with Gasteiger partial charge in [-0.1, -0.05) is 45.7 Å². The first-order valence-corrected chi connectivity index (χ1v) is 7.81. The zero-order chi connectivity index (χ0) is 13.8. The van der Waals surface area contributed by atoms with Crippen LogP contribution in [-0.4, -0.2) is 5.91 Å². The fraction of sp³-hybridized carbons (Fsp3) is 0.0714. The van der Waals surface area contributed by atoms with Crippen LogP contribution in [0.2, 0.25) is 5.02 Å². The Hall–Kier alpha value is -0.840. The molecular weight excluding hydrogens is 393 g/mol. The van der Waals surface area contributed by atoms with Gasteiger partial charge in [0.1, 0.15) is 0 Å². The molecule has 2 nitrogen and oxygen atoms in total. The summed E-state index contributed by atoms with van der Waals surface area (Å²) in [5, 5.41) is 3.99. The van der Waals surface area contributed by atoms with Crippen molar-refractivity contribution in [3.8, 4) is 0 Å². The maximum absolute atomic E-state index is 12.2. The molecule has 0 spiro atoms. The predicted molar refractivity (Wildman–Crippen MR) is 86.2 cm³/mol. The van der Waals surface area contributed by atoms with E-state index in [0.29, 0.717) is 15.1 Å². The van der Waals surface area contributed by atoms with E-state index >= 15 is 0 Å². The van der Waals surface area contributed by atoms with Crippen molar-refractivity contribution in [2.75, 3.05) is 5.32 Å². The molecule has 0 unspecified atom stereocenters. The quantitative estimate of drug-likeness (QED) is 0.697. The molecule has 0 heterocycles. The molecule has 0 atom stereocenters. The van der Waals surface area contributed by atoms with E-state index in [9.17, 15) is 4.79 Å². The molecule has 0 saturated heterocycles. The predicted octanol–water partition coefficient (Wildman–Crippen LogP) is 5.25. The van der Waals surface area contributed by atoms with Crippen LogP contribution in [0.4, 0.5) is 5.69 Å². The second-order valence-corrected chi connectivity index (χ2v) is 5.68. The number of hydrogen-bond acceptors (Lipinski definition) is 1. The minimum Gasteiger partial charge on any atom is -0.322 e. The number of rotatable bonds is 3. The van der Waals surface area contributed by atoms with Gasteiger partial charge in [0, 0.05) is 15.5 Å². The van der Waals surface area contributed by atoms with E-state index in [1.165, 1.54) is 0 Å². The minimum absolute atomic E-state index is 0.224. The number of benzene rings is 2. The van der Waals surface area contributed by atoms with Crippen LogP contribution in [0.5, 0.6) is 0 Å². The van der Waals surface area contributed by atoms with Gasteiger partial charge in [-0.25, -0.2) is 0 Å². The van der Waals surface area contributed by atoms with E-state index in [1.54, 1.807) is 18.2 Å². The fourth-order valence-corrected chi connectivity index (χ4v) is 2.54. The Labute approximate surface area is 133 Å². The SMILES string of the molecule is O=C(Nc1cccc(CBr)c1)c1cccc(Br)c1Cl. The Morgan fingerprint density at radius 2 is 1.95 bits per heavy atom. The number of anilines is 1. The summed E-state index contributed by atoms with van der Waals surface area (Å²) in [6.45, 7) is 0. The molecule has 2 rings (SSSR count). The smallest absolute Gasteiger partial charge is 0.257 e. The van der Waals surface area contributed by atoms with Gasteiger partial charge in [0.25, 0.3) is 5.91 Å². The molecule has 98 valence electrons. The zero-order valence-electron chi connectivity index (χ0n) is 9.79. The maximum Gasteiger partial charge on any atom is 0.257 e. The van der Waals surface area contributed by atoms with Gasteiger partial charge >= 0.3 is 0 Å². The van der Waals surface area contributed by atoms with Crippen LogP contribution in [0.1, 0.15) is 15.9 Å². The Bertz CT molecular complexity index is 616. The summed E-state index contributed by atoms with van der Waals surface area (Å²) in [6, 6.07) is 12.9. The first-order valence-electron chi connectivity index (χ1n) is 5.52. The van der Waals surface area contributed by atoms with Crippen LogP contribution in [0.3, 0.4) is 0 Å². The summed E-state index contributed by atoms with van der Waals surface area (Å²) in [5.41, 5.74) is 2.29. The molecule has 0 saturated carbocycles. The average Bonchev–Trinajstić information content (AvgIpc) is 2.42. The van der Waals surface area contributed by atoms with Crippen LogP contribution < -0.4 is 5.32 Å². The molecule has 1 amide bonds. The lowest BCUT2D eigenvalue weighted by Gasteiger charge is -2.08. The van der Waals surface area contributed by atoms with Crippen molar-refractivity contribution in [1.29, 1.82) is 0 Å². The monoisotopic (exact) mass is 401 g/mol. The number of halogens is 3. The van der Waals surface area contributed by atoms with Crippen molar-refractivity contribution in [2.24, 2.45) is 0 Å². The lowest BCUT2D eigenvalue weighted by Crippen LogP contribution is -2.12. The standard InChI is InChI=1S/C14H10Br2ClNO/c15-8-9-3-1-4-10(7-9)18-14(19)11-5-2-6-12(16)13(11)17/h1-7H,8H2,(H,18,19). The highest BCUT2D eigenvalue weighted by Gasteiger charge is 2.12. The van der Waals surface area contributed by atoms with Crippen molar-refractivity contribution in [2.45, 2.75) is 5.33 Å². The van der Waals surface area contributed by atoms with Crippen molar-refractivity contribution in [1.82, 2.24) is 0 Å². The number of hydrogen-bond donors (Lipinski definition) is 1. The van der Waals surface area contributed by atoms with Gasteiger partial charge in [-0.2, -0.15) is 0 Å². The van der Waals surface area contributed by atoms with Crippen molar-refractivity contribution in [3.05, 3.63) is 63.1 Å². The van der Waals surface area contributed by atoms with Gasteiger partial charge in [0.05, 0.1) is 10.6 Å². The average molecular weight is 404 g/mol. The molecule has 19 heavy (non-hydrogen) atoms. The Morgan fingerprint density at radius 3 is 2.68 bits per heavy atom. The Morgan fingerprint density at radius 1 is 1.21 bits per heavy atom. The molecule has 1 N–H and O–H groups in total. The molecule has 0 aliphatic carbocycles. The highest BCUT2D eigenvalue weighted by Crippen LogP contribution is 2.26. The second kappa shape index (κ2) is 6.55. The Kier molecular flexibility index (Phi) is 5.02. The molecule has 2 aromatic carbocycles. The molecule has 0 aromatic heterocycles. The van der Waals surface area contributed by atoms with Crippen LogP contribution in [0, 0.1) is 0 Å². The van der Waals surface area contributed by atoms with E-state index in [1.807, 2.05) is 24.3 Å². The van der Waals surface area contributed by atoms with Gasteiger partial charge in [0.15, 0.2) is 0 Å². The van der Waals surface area contributed by atoms with Gasteiger partial charge in [0.2, 0.25) is 0 Å². The topological polar surface area (TPSA) is 29.1 Å². The summed E-state index contributed by atoms with van der Waals surface area (Å²) in [5.74, 6) is -0.224. The lowest BCUT2D eigenvalue weighted by molar-refractivity contribution is 0.102. The highest BCUT2D eigenvalue weighted by atomic mass is 79.9. The van der Waals surface area contributed by atoms with E-state index in [0.717, 1.165) is 16.6 Å². The number of nitrogens with one attached hydrogen (secondary N) is 1. The maximum atomic E-state index is 12.2. The van der Waals surface area contributed by atoms with E-state index in [4.69, 9.17) is 11.6 Å². The summed E-state index contributed by atoms with van der Waals surface area (Å²) in [6.07, 6.45) is 0. The first-order chi connectivity index (χ1) is 9.11. The second-order valence-electron chi connectivity index (χ2n) is 3.89. The van der Waals surface area contributed by atoms with Crippen LogP contribution in [-0.2, 0) is 5.33 Å². The van der Waals surface area contributed by atoms with Crippen molar-refractivity contribution < 1.29 is 4.79 Å². The normalized spacial score (nSPS) is 10.3. The molecule has 0 fully saturated rings. The summed E-state index contributed by atoms with van der Waals surface area (Å²) in [4.78, 5) is 12.2. The minimum atomic E-state index is -0.224. The van der Waals surface area contributed by atoms with Crippen LogP contribution in [0.15, 0.2) is 46.9 Å². The molecule has 2 aromatic rings. The third-order valence-electron chi connectivity index (χ3n) is 2.54. The third kappa shape index (κ3) is 3.59. The summed E-state index contributed by atoms with van der Waals surface area (Å²) >= 11 is 12.8. The highest BCUT2D eigenvalue weighted by molar-refractivity contribution is 9.10. The molecule has 0 radical (unpaired) electrons. The third-order valence-corrected chi connectivity index (χ3v) is 4.48. The summed E-state index contributed by atoms with van der Waals surface area (Å²) < 4.78 is 0.705. The number of alkyl halides is 1. The van der Waals surface area contributed by atoms with Crippen LogP contribution >= 0.6 is 43.5 Å². The van der Waals surface area contributed by atoms with E-state index in [-0.39, 0.29) is 5.91 Å². The molecule has 0 aliphatic rings. The van der Waals surface area contributed by atoms with Gasteiger partial charge < -0.3 is 5.32 Å².